The van der Waals surface area contributed by atoms with Gasteiger partial charge in [-0.1, -0.05) is 54.4 Å². The minimum Gasteiger partial charge on any atom is -0.306 e. The molecule has 19 heavy (non-hydrogen) atoms. The summed E-state index contributed by atoms with van der Waals surface area (Å²) in [6.07, 6.45) is 0. The highest BCUT2D eigenvalue weighted by Crippen LogP contribution is 2.28. The Labute approximate surface area is 122 Å². The molecule has 1 atom stereocenters. The van der Waals surface area contributed by atoms with Gasteiger partial charge < -0.3 is 5.32 Å². The molecule has 0 saturated heterocycles. The molecule has 2 rings (SSSR count). The minimum absolute atomic E-state index is 0.134. The van der Waals surface area contributed by atoms with Crippen LogP contribution in [0.1, 0.15) is 24.1 Å². The maximum Gasteiger partial charge on any atom is 0.146 e. The lowest BCUT2D eigenvalue weighted by atomic mass is 9.98. The number of nitrogens with one attached hydrogen (secondary N) is 1. The number of benzene rings is 2. The molecule has 1 unspecified atom stereocenters. The molecule has 0 aliphatic rings. The monoisotopic (exact) mass is 297 g/mol. The standard InChI is InChI=1S/C15H14Cl2FN/c1-2-19-15(10-6-8-11(16)9-7-10)12-4-3-5-13(17)14(12)18/h3-9,15,19H,2H2,1H3. The molecule has 1 N–H and O–H groups in total. The van der Waals surface area contributed by atoms with Gasteiger partial charge in [-0.3, -0.25) is 0 Å². The first-order valence-electron chi connectivity index (χ1n) is 6.06. The van der Waals surface area contributed by atoms with Crippen LogP contribution >= 0.6 is 23.2 Å². The predicted molar refractivity (Wildman–Crippen MR) is 78.4 cm³/mol. The van der Waals surface area contributed by atoms with E-state index in [2.05, 4.69) is 5.32 Å². The Kier molecular flexibility index (Phi) is 4.81. The van der Waals surface area contributed by atoms with Crippen LogP contribution in [-0.4, -0.2) is 6.54 Å². The van der Waals surface area contributed by atoms with E-state index in [4.69, 9.17) is 23.2 Å². The lowest BCUT2D eigenvalue weighted by Gasteiger charge is -2.20. The van der Waals surface area contributed by atoms with Crippen molar-refractivity contribution < 1.29 is 4.39 Å². The summed E-state index contributed by atoms with van der Waals surface area (Å²) in [6, 6.07) is 12.2. The van der Waals surface area contributed by atoms with E-state index in [9.17, 15) is 4.39 Å². The molecular weight excluding hydrogens is 284 g/mol. The van der Waals surface area contributed by atoms with Crippen LogP contribution in [-0.2, 0) is 0 Å². The van der Waals surface area contributed by atoms with Gasteiger partial charge >= 0.3 is 0 Å². The number of hydrogen-bond acceptors (Lipinski definition) is 1. The third kappa shape index (κ3) is 3.27. The average molecular weight is 298 g/mol. The van der Waals surface area contributed by atoms with Gasteiger partial charge in [0.25, 0.3) is 0 Å². The molecule has 1 nitrogen and oxygen atoms in total. The van der Waals surface area contributed by atoms with E-state index in [1.54, 1.807) is 30.3 Å². The summed E-state index contributed by atoms with van der Waals surface area (Å²) < 4.78 is 14.1. The minimum atomic E-state index is -0.384. The van der Waals surface area contributed by atoms with Crippen molar-refractivity contribution in [3.8, 4) is 0 Å². The van der Waals surface area contributed by atoms with Crippen LogP contribution < -0.4 is 5.32 Å². The first-order valence-corrected chi connectivity index (χ1v) is 6.81. The van der Waals surface area contributed by atoms with Gasteiger partial charge in [-0.15, -0.1) is 0 Å². The van der Waals surface area contributed by atoms with Crippen LogP contribution in [0.5, 0.6) is 0 Å². The molecule has 0 radical (unpaired) electrons. The third-order valence-corrected chi connectivity index (χ3v) is 3.45. The Bertz CT molecular complexity index is 555. The molecule has 2 aromatic carbocycles. The fraction of sp³-hybridized carbons (Fsp3) is 0.200. The van der Waals surface area contributed by atoms with Gasteiger partial charge in [0.05, 0.1) is 11.1 Å². The van der Waals surface area contributed by atoms with Gasteiger partial charge in [-0.05, 0) is 30.3 Å². The molecular formula is C15H14Cl2FN. The van der Waals surface area contributed by atoms with E-state index in [1.165, 1.54) is 0 Å². The maximum absolute atomic E-state index is 14.1. The normalized spacial score (nSPS) is 12.4. The summed E-state index contributed by atoms with van der Waals surface area (Å²) in [5, 5.41) is 4.05. The largest absolute Gasteiger partial charge is 0.306 e. The molecule has 4 heteroatoms. The smallest absolute Gasteiger partial charge is 0.146 e. The van der Waals surface area contributed by atoms with E-state index in [0.717, 1.165) is 12.1 Å². The second-order valence-corrected chi connectivity index (χ2v) is 5.03. The fourth-order valence-corrected chi connectivity index (χ4v) is 2.32. The van der Waals surface area contributed by atoms with Crippen LogP contribution in [0.25, 0.3) is 0 Å². The van der Waals surface area contributed by atoms with Crippen molar-refractivity contribution in [3.63, 3.8) is 0 Å². The zero-order chi connectivity index (χ0) is 13.8. The summed E-state index contributed by atoms with van der Waals surface area (Å²) in [5.41, 5.74) is 1.49. The SMILES string of the molecule is CCNC(c1ccc(Cl)cc1)c1cccc(Cl)c1F. The van der Waals surface area contributed by atoms with Crippen LogP contribution in [0, 0.1) is 5.82 Å². The van der Waals surface area contributed by atoms with Crippen molar-refractivity contribution in [3.05, 3.63) is 69.5 Å². The topological polar surface area (TPSA) is 12.0 Å². The van der Waals surface area contributed by atoms with Crippen molar-refractivity contribution in [1.82, 2.24) is 5.32 Å². The number of halogens is 3. The van der Waals surface area contributed by atoms with E-state index >= 15 is 0 Å². The highest BCUT2D eigenvalue weighted by atomic mass is 35.5. The van der Waals surface area contributed by atoms with E-state index < -0.39 is 0 Å². The van der Waals surface area contributed by atoms with Crippen molar-refractivity contribution in [2.75, 3.05) is 6.54 Å². The van der Waals surface area contributed by atoms with Gasteiger partial charge in [0.1, 0.15) is 5.82 Å². The first-order chi connectivity index (χ1) is 9.13. The van der Waals surface area contributed by atoms with Crippen LogP contribution in [0.2, 0.25) is 10.0 Å². The second kappa shape index (κ2) is 6.38. The molecule has 0 fully saturated rings. The number of rotatable bonds is 4. The molecule has 100 valence electrons. The molecule has 0 amide bonds. The van der Waals surface area contributed by atoms with Crippen LogP contribution in [0.15, 0.2) is 42.5 Å². The van der Waals surface area contributed by atoms with Gasteiger partial charge in [0, 0.05) is 10.6 Å². The van der Waals surface area contributed by atoms with E-state index in [-0.39, 0.29) is 16.9 Å². The van der Waals surface area contributed by atoms with Gasteiger partial charge in [-0.25, -0.2) is 4.39 Å². The molecule has 0 spiro atoms. The quantitative estimate of drug-likeness (QED) is 0.852. The summed E-state index contributed by atoms with van der Waals surface area (Å²) in [6.45, 7) is 2.70. The summed E-state index contributed by atoms with van der Waals surface area (Å²) in [5.74, 6) is -0.384. The van der Waals surface area contributed by atoms with E-state index in [1.807, 2.05) is 19.1 Å². The lowest BCUT2D eigenvalue weighted by molar-refractivity contribution is 0.559. The Balaban J connectivity index is 2.45. The summed E-state index contributed by atoms with van der Waals surface area (Å²) >= 11 is 11.7. The van der Waals surface area contributed by atoms with Crippen molar-refractivity contribution in [2.24, 2.45) is 0 Å². The van der Waals surface area contributed by atoms with Crippen molar-refractivity contribution >= 4 is 23.2 Å². The number of hydrogen-bond donors (Lipinski definition) is 1. The molecule has 2 aromatic rings. The highest BCUT2D eigenvalue weighted by Gasteiger charge is 2.18. The molecule has 0 saturated carbocycles. The van der Waals surface area contributed by atoms with Crippen LogP contribution in [0.3, 0.4) is 0 Å². The second-order valence-electron chi connectivity index (χ2n) is 4.19. The average Bonchev–Trinajstić information content (AvgIpc) is 2.41. The maximum atomic E-state index is 14.1. The lowest BCUT2D eigenvalue weighted by Crippen LogP contribution is -2.23. The molecule has 0 aromatic heterocycles. The highest BCUT2D eigenvalue weighted by molar-refractivity contribution is 6.31. The van der Waals surface area contributed by atoms with Crippen molar-refractivity contribution in [1.29, 1.82) is 0 Å². The Hall–Kier alpha value is -1.09. The Morgan fingerprint density at radius 3 is 2.42 bits per heavy atom. The van der Waals surface area contributed by atoms with Gasteiger partial charge in [-0.2, -0.15) is 0 Å². The first kappa shape index (κ1) is 14.3. The van der Waals surface area contributed by atoms with Gasteiger partial charge in [0.2, 0.25) is 0 Å². The zero-order valence-electron chi connectivity index (χ0n) is 10.5. The van der Waals surface area contributed by atoms with Gasteiger partial charge in [0.15, 0.2) is 0 Å². The molecule has 0 bridgehead atoms. The van der Waals surface area contributed by atoms with Crippen LogP contribution in [0.4, 0.5) is 4.39 Å². The summed E-state index contributed by atoms with van der Waals surface area (Å²) in [7, 11) is 0. The fourth-order valence-electron chi connectivity index (χ4n) is 2.01. The predicted octanol–water partition coefficient (Wildman–Crippen LogP) is 4.83. The Morgan fingerprint density at radius 2 is 1.79 bits per heavy atom. The third-order valence-electron chi connectivity index (χ3n) is 2.90. The molecule has 0 aliphatic carbocycles. The molecule has 0 heterocycles. The van der Waals surface area contributed by atoms with Crippen molar-refractivity contribution in [2.45, 2.75) is 13.0 Å². The summed E-state index contributed by atoms with van der Waals surface area (Å²) in [4.78, 5) is 0. The Morgan fingerprint density at radius 1 is 1.11 bits per heavy atom. The van der Waals surface area contributed by atoms with E-state index in [0.29, 0.717) is 10.6 Å². The zero-order valence-corrected chi connectivity index (χ0v) is 12.0. The molecule has 0 aliphatic heterocycles.